The normalized spacial score (nSPS) is 36.8. The van der Waals surface area contributed by atoms with Crippen molar-refractivity contribution in [2.45, 2.75) is 50.3 Å². The van der Waals surface area contributed by atoms with Crippen molar-refractivity contribution in [2.75, 3.05) is 7.11 Å². The average Bonchev–Trinajstić information content (AvgIpc) is 2.92. The quantitative estimate of drug-likeness (QED) is 0.911. The van der Waals surface area contributed by atoms with Gasteiger partial charge in [0.2, 0.25) is 0 Å². The number of hydrogen-bond acceptors (Lipinski definition) is 5. The van der Waals surface area contributed by atoms with Crippen LogP contribution in [0.2, 0.25) is 0 Å². The molecule has 1 aromatic rings. The van der Waals surface area contributed by atoms with Gasteiger partial charge in [-0.3, -0.25) is 0 Å². The minimum Gasteiger partial charge on any atom is -0.386 e. The topological polar surface area (TPSA) is 57.2 Å². The van der Waals surface area contributed by atoms with Crippen LogP contribution in [0.3, 0.4) is 0 Å². The van der Waals surface area contributed by atoms with E-state index in [1.165, 1.54) is 0 Å². The lowest BCUT2D eigenvalue weighted by Gasteiger charge is -2.26. The molecule has 0 bridgehead atoms. The summed E-state index contributed by atoms with van der Waals surface area (Å²) >= 11 is 0. The summed E-state index contributed by atoms with van der Waals surface area (Å²) in [6, 6.07) is 9.41. The Hall–Kier alpha value is -0.980. The van der Waals surface area contributed by atoms with Crippen molar-refractivity contribution in [1.29, 1.82) is 0 Å². The molecule has 0 amide bonds. The molecule has 5 atom stereocenters. The smallest absolute Gasteiger partial charge is 0.186 e. The number of hydrogen-bond donors (Lipinski definition) is 1. The SMILES string of the molecule is CO[C@H]1O[C@H]([C@H](O)c2ccccc2)[C@@H]2OC(C)(C)O[C@H]12. The Balaban J connectivity index is 1.83. The largest absolute Gasteiger partial charge is 0.386 e. The number of rotatable bonds is 3. The predicted octanol–water partition coefficient (Wildman–Crippen LogP) is 1.61. The van der Waals surface area contributed by atoms with Crippen molar-refractivity contribution in [3.8, 4) is 0 Å². The van der Waals surface area contributed by atoms with E-state index in [1.54, 1.807) is 7.11 Å². The molecule has 1 aromatic carbocycles. The maximum atomic E-state index is 10.5. The first-order chi connectivity index (χ1) is 9.52. The molecule has 2 fully saturated rings. The van der Waals surface area contributed by atoms with Crippen LogP contribution in [0.5, 0.6) is 0 Å². The third-order valence-corrected chi connectivity index (χ3v) is 3.73. The van der Waals surface area contributed by atoms with Gasteiger partial charge in [0.15, 0.2) is 12.1 Å². The fraction of sp³-hybridized carbons (Fsp3) is 0.600. The van der Waals surface area contributed by atoms with Crippen LogP contribution >= 0.6 is 0 Å². The third-order valence-electron chi connectivity index (χ3n) is 3.73. The number of fused-ring (bicyclic) bond motifs is 1. The molecule has 0 spiro atoms. The van der Waals surface area contributed by atoms with Gasteiger partial charge in [0.05, 0.1) is 0 Å². The molecule has 2 saturated heterocycles. The van der Waals surface area contributed by atoms with E-state index in [4.69, 9.17) is 18.9 Å². The maximum Gasteiger partial charge on any atom is 0.186 e. The molecule has 2 aliphatic rings. The second kappa shape index (κ2) is 5.09. The summed E-state index contributed by atoms with van der Waals surface area (Å²) in [4.78, 5) is 0. The zero-order valence-corrected chi connectivity index (χ0v) is 11.9. The van der Waals surface area contributed by atoms with Crippen molar-refractivity contribution in [3.05, 3.63) is 35.9 Å². The summed E-state index contributed by atoms with van der Waals surface area (Å²) < 4.78 is 22.7. The molecule has 3 rings (SSSR count). The van der Waals surface area contributed by atoms with E-state index < -0.39 is 24.3 Å². The molecule has 5 heteroatoms. The van der Waals surface area contributed by atoms with Gasteiger partial charge in [0.25, 0.3) is 0 Å². The Morgan fingerprint density at radius 3 is 2.45 bits per heavy atom. The third kappa shape index (κ3) is 2.36. The zero-order chi connectivity index (χ0) is 14.3. The van der Waals surface area contributed by atoms with E-state index in [-0.39, 0.29) is 12.2 Å². The van der Waals surface area contributed by atoms with E-state index in [0.29, 0.717) is 0 Å². The Morgan fingerprint density at radius 2 is 1.80 bits per heavy atom. The molecule has 0 saturated carbocycles. The molecule has 5 nitrogen and oxygen atoms in total. The van der Waals surface area contributed by atoms with Crippen LogP contribution in [0.25, 0.3) is 0 Å². The average molecular weight is 280 g/mol. The molecule has 1 N–H and O–H groups in total. The summed E-state index contributed by atoms with van der Waals surface area (Å²) in [5.41, 5.74) is 0.793. The maximum absolute atomic E-state index is 10.5. The first-order valence-corrected chi connectivity index (χ1v) is 6.79. The van der Waals surface area contributed by atoms with Gasteiger partial charge >= 0.3 is 0 Å². The lowest BCUT2D eigenvalue weighted by Crippen LogP contribution is -2.34. The molecule has 0 aromatic heterocycles. The van der Waals surface area contributed by atoms with Crippen LogP contribution in [-0.2, 0) is 18.9 Å². The molecular weight excluding hydrogens is 260 g/mol. The molecule has 0 unspecified atom stereocenters. The summed E-state index contributed by atoms with van der Waals surface area (Å²) in [7, 11) is 1.56. The Bertz CT molecular complexity index is 461. The Labute approximate surface area is 118 Å². The van der Waals surface area contributed by atoms with Crippen molar-refractivity contribution >= 4 is 0 Å². The van der Waals surface area contributed by atoms with E-state index >= 15 is 0 Å². The van der Waals surface area contributed by atoms with Crippen molar-refractivity contribution in [1.82, 2.24) is 0 Å². The lowest BCUT2D eigenvalue weighted by atomic mass is 9.99. The van der Waals surface area contributed by atoms with Gasteiger partial charge in [-0.2, -0.15) is 0 Å². The fourth-order valence-electron chi connectivity index (χ4n) is 2.88. The Morgan fingerprint density at radius 1 is 1.15 bits per heavy atom. The number of methoxy groups -OCH3 is 1. The zero-order valence-electron chi connectivity index (χ0n) is 11.9. The fourth-order valence-corrected chi connectivity index (χ4v) is 2.88. The standard InChI is InChI=1S/C15H20O5/c1-15(2)19-12-11(18-14(17-3)13(12)20-15)10(16)9-7-5-4-6-8-9/h4-8,10-14,16H,1-3H3/t10-,11-,12+,13+,14+/m1/s1. The van der Waals surface area contributed by atoms with Gasteiger partial charge in [0, 0.05) is 7.11 Å². The van der Waals surface area contributed by atoms with E-state index in [0.717, 1.165) is 5.56 Å². The second-order valence-corrected chi connectivity index (χ2v) is 5.63. The van der Waals surface area contributed by atoms with E-state index in [9.17, 15) is 5.11 Å². The van der Waals surface area contributed by atoms with Crippen molar-refractivity contribution < 1.29 is 24.1 Å². The molecule has 2 aliphatic heterocycles. The van der Waals surface area contributed by atoms with Crippen LogP contribution in [0.4, 0.5) is 0 Å². The summed E-state index contributed by atoms with van der Waals surface area (Å²) in [5, 5.41) is 10.5. The lowest BCUT2D eigenvalue weighted by molar-refractivity contribution is -0.237. The first kappa shape index (κ1) is 14.0. The molecule has 2 heterocycles. The highest BCUT2D eigenvalue weighted by Gasteiger charge is 2.57. The molecular formula is C15H20O5. The van der Waals surface area contributed by atoms with Crippen LogP contribution in [0.15, 0.2) is 30.3 Å². The number of benzene rings is 1. The predicted molar refractivity (Wildman–Crippen MR) is 70.9 cm³/mol. The monoisotopic (exact) mass is 280 g/mol. The Kier molecular flexibility index (Phi) is 3.56. The minimum atomic E-state index is -0.777. The van der Waals surface area contributed by atoms with Crippen LogP contribution in [0.1, 0.15) is 25.5 Å². The number of aliphatic hydroxyl groups excluding tert-OH is 1. The second-order valence-electron chi connectivity index (χ2n) is 5.63. The minimum absolute atomic E-state index is 0.321. The van der Waals surface area contributed by atoms with Crippen LogP contribution in [-0.4, -0.2) is 42.6 Å². The first-order valence-electron chi connectivity index (χ1n) is 6.79. The van der Waals surface area contributed by atoms with Crippen LogP contribution < -0.4 is 0 Å². The highest BCUT2D eigenvalue weighted by molar-refractivity contribution is 5.20. The van der Waals surface area contributed by atoms with E-state index in [2.05, 4.69) is 0 Å². The summed E-state index contributed by atoms with van der Waals surface area (Å²) in [6.45, 7) is 3.70. The van der Waals surface area contributed by atoms with Crippen molar-refractivity contribution in [3.63, 3.8) is 0 Å². The van der Waals surface area contributed by atoms with Gasteiger partial charge in [0.1, 0.15) is 24.4 Å². The van der Waals surface area contributed by atoms with E-state index in [1.807, 2.05) is 44.2 Å². The molecule has 20 heavy (non-hydrogen) atoms. The molecule has 0 radical (unpaired) electrons. The van der Waals surface area contributed by atoms with Crippen molar-refractivity contribution in [2.24, 2.45) is 0 Å². The van der Waals surface area contributed by atoms with Gasteiger partial charge in [-0.25, -0.2) is 0 Å². The highest BCUT2D eigenvalue weighted by atomic mass is 16.8. The van der Waals surface area contributed by atoms with Gasteiger partial charge in [-0.15, -0.1) is 0 Å². The molecule has 0 aliphatic carbocycles. The number of aliphatic hydroxyl groups is 1. The number of ether oxygens (including phenoxy) is 4. The van der Waals surface area contributed by atoms with Crippen LogP contribution in [0, 0.1) is 0 Å². The van der Waals surface area contributed by atoms with Gasteiger partial charge in [-0.1, -0.05) is 30.3 Å². The highest BCUT2D eigenvalue weighted by Crippen LogP contribution is 2.42. The summed E-state index contributed by atoms with van der Waals surface area (Å²) in [6.07, 6.45) is -2.47. The molecule has 110 valence electrons. The summed E-state index contributed by atoms with van der Waals surface area (Å²) in [5.74, 6) is -0.690. The van der Waals surface area contributed by atoms with Gasteiger partial charge in [-0.05, 0) is 19.4 Å². The van der Waals surface area contributed by atoms with Gasteiger partial charge < -0.3 is 24.1 Å².